The predicted molar refractivity (Wildman–Crippen MR) is 93.7 cm³/mol. The standard InChI is InChI=1S/C18H21NO5S/c1-19(13-14-4-6-15(22-2)7-5-14)25(20,21)16-8-9-17-18(12-16)24-11-3-10-23-17/h4-9,12H,3,10-11,13H2,1-2H3. The molecule has 0 aliphatic carbocycles. The molecule has 3 rings (SSSR count). The lowest BCUT2D eigenvalue weighted by Gasteiger charge is -2.18. The van der Waals surface area contributed by atoms with Crippen molar-refractivity contribution in [3.63, 3.8) is 0 Å². The van der Waals surface area contributed by atoms with Crippen molar-refractivity contribution in [1.29, 1.82) is 0 Å². The van der Waals surface area contributed by atoms with Crippen LogP contribution in [-0.4, -0.2) is 40.1 Å². The maximum absolute atomic E-state index is 12.8. The zero-order valence-corrected chi connectivity index (χ0v) is 15.1. The first-order valence-electron chi connectivity index (χ1n) is 7.99. The monoisotopic (exact) mass is 363 g/mol. The minimum absolute atomic E-state index is 0.188. The number of hydrogen-bond donors (Lipinski definition) is 0. The van der Waals surface area contributed by atoms with Gasteiger partial charge in [-0.15, -0.1) is 0 Å². The molecule has 0 N–H and O–H groups in total. The average molecular weight is 363 g/mol. The van der Waals surface area contributed by atoms with Crippen LogP contribution in [0, 0.1) is 0 Å². The zero-order chi connectivity index (χ0) is 17.9. The molecular weight excluding hydrogens is 342 g/mol. The molecule has 1 aliphatic rings. The fraction of sp³-hybridized carbons (Fsp3) is 0.333. The molecule has 6 nitrogen and oxygen atoms in total. The number of fused-ring (bicyclic) bond motifs is 1. The normalized spacial score (nSPS) is 14.2. The third-order valence-electron chi connectivity index (χ3n) is 3.99. The highest BCUT2D eigenvalue weighted by molar-refractivity contribution is 7.89. The van der Waals surface area contributed by atoms with Gasteiger partial charge in [-0.1, -0.05) is 12.1 Å². The summed E-state index contributed by atoms with van der Waals surface area (Å²) in [5.41, 5.74) is 0.876. The molecule has 2 aromatic carbocycles. The van der Waals surface area contributed by atoms with Crippen LogP contribution in [0.3, 0.4) is 0 Å². The van der Waals surface area contributed by atoms with Crippen LogP contribution < -0.4 is 14.2 Å². The van der Waals surface area contributed by atoms with E-state index in [0.29, 0.717) is 24.7 Å². The largest absolute Gasteiger partial charge is 0.497 e. The van der Waals surface area contributed by atoms with Crippen LogP contribution in [0.2, 0.25) is 0 Å². The summed E-state index contributed by atoms with van der Waals surface area (Å²) >= 11 is 0. The Hall–Kier alpha value is -2.25. The molecule has 0 spiro atoms. The van der Waals surface area contributed by atoms with Crippen molar-refractivity contribution in [2.75, 3.05) is 27.4 Å². The summed E-state index contributed by atoms with van der Waals surface area (Å²) in [5, 5.41) is 0. The van der Waals surface area contributed by atoms with E-state index in [9.17, 15) is 8.42 Å². The summed E-state index contributed by atoms with van der Waals surface area (Å²) in [5.74, 6) is 1.78. The van der Waals surface area contributed by atoms with Gasteiger partial charge in [0.15, 0.2) is 11.5 Å². The number of methoxy groups -OCH3 is 1. The van der Waals surface area contributed by atoms with Gasteiger partial charge in [0.25, 0.3) is 0 Å². The Kier molecular flexibility index (Phi) is 5.15. The van der Waals surface area contributed by atoms with E-state index < -0.39 is 10.0 Å². The lowest BCUT2D eigenvalue weighted by molar-refractivity contribution is 0.297. The van der Waals surface area contributed by atoms with E-state index in [4.69, 9.17) is 14.2 Å². The fourth-order valence-corrected chi connectivity index (χ4v) is 3.73. The van der Waals surface area contributed by atoms with Crippen LogP contribution in [0.4, 0.5) is 0 Å². The summed E-state index contributed by atoms with van der Waals surface area (Å²) in [4.78, 5) is 0.188. The predicted octanol–water partition coefficient (Wildman–Crippen LogP) is 2.68. The van der Waals surface area contributed by atoms with Gasteiger partial charge < -0.3 is 14.2 Å². The van der Waals surface area contributed by atoms with E-state index in [2.05, 4.69) is 0 Å². The van der Waals surface area contributed by atoms with Crippen molar-refractivity contribution < 1.29 is 22.6 Å². The summed E-state index contributed by atoms with van der Waals surface area (Å²) in [7, 11) is -0.481. The summed E-state index contributed by atoms with van der Waals surface area (Å²) in [6.45, 7) is 1.34. The Balaban J connectivity index is 1.81. The number of sulfonamides is 1. The maximum atomic E-state index is 12.8. The van der Waals surface area contributed by atoms with Gasteiger partial charge in [-0.3, -0.25) is 0 Å². The molecule has 0 saturated heterocycles. The zero-order valence-electron chi connectivity index (χ0n) is 14.3. The van der Waals surface area contributed by atoms with E-state index in [0.717, 1.165) is 17.7 Å². The molecule has 134 valence electrons. The van der Waals surface area contributed by atoms with Crippen molar-refractivity contribution >= 4 is 10.0 Å². The molecule has 0 fully saturated rings. The molecule has 2 aromatic rings. The molecular formula is C18H21NO5S. The molecule has 1 heterocycles. The van der Waals surface area contributed by atoms with Gasteiger partial charge >= 0.3 is 0 Å². The van der Waals surface area contributed by atoms with Crippen LogP contribution in [0.25, 0.3) is 0 Å². The Morgan fingerprint density at radius 2 is 1.72 bits per heavy atom. The molecule has 25 heavy (non-hydrogen) atoms. The molecule has 0 unspecified atom stereocenters. The quantitative estimate of drug-likeness (QED) is 0.817. The topological polar surface area (TPSA) is 65.1 Å². The van der Waals surface area contributed by atoms with Crippen molar-refractivity contribution in [1.82, 2.24) is 4.31 Å². The summed E-state index contributed by atoms with van der Waals surface area (Å²) in [6.07, 6.45) is 0.772. The highest BCUT2D eigenvalue weighted by Crippen LogP contribution is 2.32. The second-order valence-corrected chi connectivity index (χ2v) is 7.81. The van der Waals surface area contributed by atoms with Crippen LogP contribution in [0.1, 0.15) is 12.0 Å². The van der Waals surface area contributed by atoms with Gasteiger partial charge in [-0.25, -0.2) is 8.42 Å². The Morgan fingerprint density at radius 3 is 2.40 bits per heavy atom. The van der Waals surface area contributed by atoms with Gasteiger partial charge in [-0.2, -0.15) is 4.31 Å². The van der Waals surface area contributed by atoms with Gasteiger partial charge in [-0.05, 0) is 29.8 Å². The Labute approximate surface area is 148 Å². The van der Waals surface area contributed by atoms with Crippen molar-refractivity contribution in [2.45, 2.75) is 17.9 Å². The number of ether oxygens (including phenoxy) is 3. The van der Waals surface area contributed by atoms with E-state index in [1.165, 1.54) is 10.4 Å². The van der Waals surface area contributed by atoms with E-state index >= 15 is 0 Å². The van der Waals surface area contributed by atoms with E-state index in [1.807, 2.05) is 24.3 Å². The first-order valence-corrected chi connectivity index (χ1v) is 9.43. The second kappa shape index (κ2) is 7.33. The molecule has 7 heteroatoms. The molecule has 0 bridgehead atoms. The lowest BCUT2D eigenvalue weighted by atomic mass is 10.2. The molecule has 0 saturated carbocycles. The SMILES string of the molecule is COc1ccc(CN(C)S(=O)(=O)c2ccc3c(c2)OCCCO3)cc1. The number of hydrogen-bond acceptors (Lipinski definition) is 5. The minimum atomic E-state index is -3.63. The maximum Gasteiger partial charge on any atom is 0.243 e. The van der Waals surface area contributed by atoms with Crippen molar-refractivity contribution in [3.05, 3.63) is 48.0 Å². The van der Waals surface area contributed by atoms with Crippen molar-refractivity contribution in [2.24, 2.45) is 0 Å². The number of nitrogens with zero attached hydrogens (tertiary/aromatic N) is 1. The third kappa shape index (κ3) is 3.88. The lowest BCUT2D eigenvalue weighted by Crippen LogP contribution is -2.26. The Morgan fingerprint density at radius 1 is 1.04 bits per heavy atom. The highest BCUT2D eigenvalue weighted by Gasteiger charge is 2.23. The van der Waals surface area contributed by atoms with Crippen LogP contribution >= 0.6 is 0 Å². The minimum Gasteiger partial charge on any atom is -0.497 e. The van der Waals surface area contributed by atoms with Crippen LogP contribution in [0.15, 0.2) is 47.4 Å². The number of benzene rings is 2. The van der Waals surface area contributed by atoms with Crippen LogP contribution in [0.5, 0.6) is 17.2 Å². The van der Waals surface area contributed by atoms with Crippen molar-refractivity contribution in [3.8, 4) is 17.2 Å². The van der Waals surface area contributed by atoms with Gasteiger partial charge in [0.05, 0.1) is 25.2 Å². The molecule has 0 radical (unpaired) electrons. The van der Waals surface area contributed by atoms with Gasteiger partial charge in [0, 0.05) is 26.1 Å². The number of rotatable bonds is 5. The average Bonchev–Trinajstić information content (AvgIpc) is 2.87. The van der Waals surface area contributed by atoms with Crippen LogP contribution in [-0.2, 0) is 16.6 Å². The second-order valence-electron chi connectivity index (χ2n) is 5.77. The molecule has 1 aliphatic heterocycles. The first-order chi connectivity index (χ1) is 12.0. The first kappa shape index (κ1) is 17.6. The van der Waals surface area contributed by atoms with Gasteiger partial charge in [0.1, 0.15) is 5.75 Å². The fourth-order valence-electron chi connectivity index (χ4n) is 2.56. The molecule has 0 aromatic heterocycles. The highest BCUT2D eigenvalue weighted by atomic mass is 32.2. The molecule has 0 atom stereocenters. The van der Waals surface area contributed by atoms with E-state index in [1.54, 1.807) is 26.3 Å². The third-order valence-corrected chi connectivity index (χ3v) is 5.79. The smallest absolute Gasteiger partial charge is 0.243 e. The van der Waals surface area contributed by atoms with E-state index in [-0.39, 0.29) is 11.4 Å². The summed E-state index contributed by atoms with van der Waals surface area (Å²) in [6, 6.07) is 12.0. The Bertz CT molecular complexity index is 833. The summed E-state index contributed by atoms with van der Waals surface area (Å²) < 4.78 is 43.2. The van der Waals surface area contributed by atoms with Gasteiger partial charge in [0.2, 0.25) is 10.0 Å². The molecule has 0 amide bonds.